The van der Waals surface area contributed by atoms with E-state index in [-0.39, 0.29) is 5.56 Å². The maximum absolute atomic E-state index is 11.0. The predicted octanol–water partition coefficient (Wildman–Crippen LogP) is 1.99. The SMILES string of the molecule is Cc1nsc(NCCOCC2CC2)c1C(=O)O. The summed E-state index contributed by atoms with van der Waals surface area (Å²) in [7, 11) is 0. The molecular weight excluding hydrogens is 240 g/mol. The van der Waals surface area contributed by atoms with E-state index in [9.17, 15) is 4.79 Å². The second kappa shape index (κ2) is 5.46. The van der Waals surface area contributed by atoms with Crippen LogP contribution in [-0.4, -0.2) is 35.2 Å². The minimum atomic E-state index is -0.933. The molecular formula is C11H16N2O3S. The van der Waals surface area contributed by atoms with Crippen molar-refractivity contribution in [3.05, 3.63) is 11.3 Å². The summed E-state index contributed by atoms with van der Waals surface area (Å²) >= 11 is 1.18. The third-order valence-electron chi connectivity index (χ3n) is 2.66. The van der Waals surface area contributed by atoms with Gasteiger partial charge in [0.15, 0.2) is 0 Å². The summed E-state index contributed by atoms with van der Waals surface area (Å²) in [6, 6.07) is 0. The second-order valence-electron chi connectivity index (χ2n) is 4.22. The van der Waals surface area contributed by atoms with E-state index in [1.165, 1.54) is 24.4 Å². The standard InChI is InChI=1S/C11H16N2O3S/c1-7-9(11(14)15)10(17-13-7)12-4-5-16-6-8-2-3-8/h8,12H,2-6H2,1H3,(H,14,15). The summed E-state index contributed by atoms with van der Waals surface area (Å²) < 4.78 is 9.49. The fourth-order valence-corrected chi connectivity index (χ4v) is 2.33. The van der Waals surface area contributed by atoms with Crippen LogP contribution >= 0.6 is 11.5 Å². The van der Waals surface area contributed by atoms with Crippen molar-refractivity contribution in [1.29, 1.82) is 0 Å². The van der Waals surface area contributed by atoms with E-state index in [2.05, 4.69) is 9.69 Å². The lowest BCUT2D eigenvalue weighted by atomic mass is 10.2. The maximum atomic E-state index is 11.0. The Morgan fingerprint density at radius 3 is 3.06 bits per heavy atom. The Balaban J connectivity index is 1.75. The third-order valence-corrected chi connectivity index (χ3v) is 3.56. The van der Waals surface area contributed by atoms with Gasteiger partial charge in [0.2, 0.25) is 0 Å². The average Bonchev–Trinajstić information content (AvgIpc) is 3.01. The van der Waals surface area contributed by atoms with E-state index < -0.39 is 5.97 Å². The molecule has 0 atom stereocenters. The molecule has 94 valence electrons. The molecule has 0 saturated heterocycles. The summed E-state index contributed by atoms with van der Waals surface area (Å²) in [5.41, 5.74) is 0.834. The summed E-state index contributed by atoms with van der Waals surface area (Å²) in [5, 5.41) is 12.7. The molecule has 0 unspecified atom stereocenters. The van der Waals surface area contributed by atoms with Gasteiger partial charge in [0.25, 0.3) is 0 Å². The van der Waals surface area contributed by atoms with Gasteiger partial charge >= 0.3 is 5.97 Å². The Bertz CT molecular complexity index is 401. The molecule has 17 heavy (non-hydrogen) atoms. The first-order valence-corrected chi connectivity index (χ1v) is 6.47. The average molecular weight is 256 g/mol. The lowest BCUT2D eigenvalue weighted by Crippen LogP contribution is -2.12. The molecule has 1 saturated carbocycles. The van der Waals surface area contributed by atoms with Crippen molar-refractivity contribution in [3.63, 3.8) is 0 Å². The van der Waals surface area contributed by atoms with Gasteiger partial charge in [0, 0.05) is 13.2 Å². The number of carboxylic acid groups (broad SMARTS) is 1. The molecule has 2 N–H and O–H groups in total. The fraction of sp³-hybridized carbons (Fsp3) is 0.636. The van der Waals surface area contributed by atoms with E-state index in [4.69, 9.17) is 9.84 Å². The molecule has 1 aromatic heterocycles. The molecule has 0 spiro atoms. The highest BCUT2D eigenvalue weighted by Gasteiger charge is 2.21. The smallest absolute Gasteiger partial charge is 0.340 e. The number of nitrogens with one attached hydrogen (secondary N) is 1. The van der Waals surface area contributed by atoms with E-state index in [0.717, 1.165) is 12.5 Å². The van der Waals surface area contributed by atoms with Crippen LogP contribution in [0.1, 0.15) is 28.9 Å². The van der Waals surface area contributed by atoms with Crippen LogP contribution in [0.25, 0.3) is 0 Å². The first kappa shape index (κ1) is 12.3. The zero-order valence-electron chi connectivity index (χ0n) is 9.73. The van der Waals surface area contributed by atoms with Crippen molar-refractivity contribution in [2.24, 2.45) is 5.92 Å². The molecule has 0 aliphatic heterocycles. The van der Waals surface area contributed by atoms with Gasteiger partial charge < -0.3 is 15.2 Å². The van der Waals surface area contributed by atoms with Gasteiger partial charge in [-0.05, 0) is 37.2 Å². The molecule has 2 rings (SSSR count). The Labute approximate surface area is 104 Å². The first-order valence-electron chi connectivity index (χ1n) is 5.69. The van der Waals surface area contributed by atoms with Crippen molar-refractivity contribution in [2.45, 2.75) is 19.8 Å². The molecule has 1 aliphatic carbocycles. The monoisotopic (exact) mass is 256 g/mol. The van der Waals surface area contributed by atoms with E-state index in [1.807, 2.05) is 0 Å². The largest absolute Gasteiger partial charge is 0.478 e. The Morgan fingerprint density at radius 1 is 1.65 bits per heavy atom. The van der Waals surface area contributed by atoms with Crippen molar-refractivity contribution in [2.75, 3.05) is 25.1 Å². The van der Waals surface area contributed by atoms with Gasteiger partial charge in [-0.1, -0.05) is 0 Å². The number of rotatable bonds is 7. The number of aromatic carboxylic acids is 1. The van der Waals surface area contributed by atoms with Crippen LogP contribution in [-0.2, 0) is 4.74 Å². The first-order chi connectivity index (χ1) is 8.18. The number of nitrogens with zero attached hydrogens (tertiary/aromatic N) is 1. The van der Waals surface area contributed by atoms with Gasteiger partial charge in [-0.2, -0.15) is 4.37 Å². The topological polar surface area (TPSA) is 71.5 Å². The maximum Gasteiger partial charge on any atom is 0.340 e. The number of carbonyl (C=O) groups is 1. The van der Waals surface area contributed by atoms with Gasteiger partial charge in [-0.3, -0.25) is 0 Å². The molecule has 1 aromatic rings. The van der Waals surface area contributed by atoms with E-state index in [1.54, 1.807) is 6.92 Å². The van der Waals surface area contributed by atoms with Gasteiger partial charge in [0.1, 0.15) is 10.6 Å². The summed E-state index contributed by atoms with van der Waals surface area (Å²) in [6.45, 7) is 3.76. The van der Waals surface area contributed by atoms with Crippen LogP contribution in [0.15, 0.2) is 0 Å². The number of anilines is 1. The fourth-order valence-electron chi connectivity index (χ4n) is 1.51. The predicted molar refractivity (Wildman–Crippen MR) is 65.8 cm³/mol. The molecule has 1 heterocycles. The quantitative estimate of drug-likeness (QED) is 0.730. The minimum Gasteiger partial charge on any atom is -0.478 e. The Kier molecular flexibility index (Phi) is 3.96. The van der Waals surface area contributed by atoms with Crippen molar-refractivity contribution in [1.82, 2.24) is 4.37 Å². The van der Waals surface area contributed by atoms with Crippen LogP contribution in [0.4, 0.5) is 5.00 Å². The van der Waals surface area contributed by atoms with Gasteiger partial charge in [0.05, 0.1) is 12.3 Å². The van der Waals surface area contributed by atoms with Crippen molar-refractivity contribution >= 4 is 22.5 Å². The van der Waals surface area contributed by atoms with Crippen molar-refractivity contribution < 1.29 is 14.6 Å². The number of carboxylic acids is 1. The van der Waals surface area contributed by atoms with Gasteiger partial charge in [-0.15, -0.1) is 0 Å². The Morgan fingerprint density at radius 2 is 2.41 bits per heavy atom. The van der Waals surface area contributed by atoms with Crippen LogP contribution in [0, 0.1) is 12.8 Å². The number of aromatic nitrogens is 1. The molecule has 0 amide bonds. The molecule has 0 radical (unpaired) electrons. The highest BCUT2D eigenvalue weighted by atomic mass is 32.1. The van der Waals surface area contributed by atoms with Crippen molar-refractivity contribution in [3.8, 4) is 0 Å². The zero-order chi connectivity index (χ0) is 12.3. The highest BCUT2D eigenvalue weighted by Crippen LogP contribution is 2.28. The van der Waals surface area contributed by atoms with Gasteiger partial charge in [-0.25, -0.2) is 4.79 Å². The number of hydrogen-bond donors (Lipinski definition) is 2. The third kappa shape index (κ3) is 3.41. The summed E-state index contributed by atoms with van der Waals surface area (Å²) in [5.74, 6) is -0.173. The van der Waals surface area contributed by atoms with Crippen LogP contribution in [0.2, 0.25) is 0 Å². The highest BCUT2D eigenvalue weighted by molar-refractivity contribution is 7.10. The molecule has 5 nitrogen and oxygen atoms in total. The molecule has 0 bridgehead atoms. The van der Waals surface area contributed by atoms with Crippen LogP contribution in [0.3, 0.4) is 0 Å². The summed E-state index contributed by atoms with van der Waals surface area (Å²) in [6.07, 6.45) is 2.56. The van der Waals surface area contributed by atoms with E-state index >= 15 is 0 Å². The number of hydrogen-bond acceptors (Lipinski definition) is 5. The van der Waals surface area contributed by atoms with E-state index in [0.29, 0.717) is 23.8 Å². The molecule has 0 aromatic carbocycles. The molecule has 1 aliphatic rings. The summed E-state index contributed by atoms with van der Waals surface area (Å²) in [4.78, 5) is 11.0. The minimum absolute atomic E-state index is 0.275. The number of aryl methyl sites for hydroxylation is 1. The molecule has 1 fully saturated rings. The normalized spacial score (nSPS) is 14.9. The van der Waals surface area contributed by atoms with Crippen LogP contribution in [0.5, 0.6) is 0 Å². The number of ether oxygens (including phenoxy) is 1. The lowest BCUT2D eigenvalue weighted by molar-refractivity contribution is 0.0697. The Hall–Kier alpha value is -1.14. The molecule has 6 heteroatoms. The van der Waals surface area contributed by atoms with Crippen LogP contribution < -0.4 is 5.32 Å². The zero-order valence-corrected chi connectivity index (χ0v) is 10.5. The second-order valence-corrected chi connectivity index (χ2v) is 5.00. The lowest BCUT2D eigenvalue weighted by Gasteiger charge is -2.05.